The Morgan fingerprint density at radius 1 is 1.15 bits per heavy atom. The maximum atomic E-state index is 12.1. The predicted octanol–water partition coefficient (Wildman–Crippen LogP) is 3.29. The molecule has 0 heterocycles. The zero-order valence-electron chi connectivity index (χ0n) is 15.6. The predicted molar refractivity (Wildman–Crippen MR) is 122 cm³/mol. The fraction of sp³-hybridized carbons (Fsp3) is 0.238. The number of hydrogen-bond donors (Lipinski definition) is 3. The van der Waals surface area contributed by atoms with Gasteiger partial charge in [-0.05, 0) is 37.6 Å². The third-order valence-corrected chi connectivity index (χ3v) is 3.58. The molecule has 0 spiro atoms. The van der Waals surface area contributed by atoms with E-state index in [1.807, 2.05) is 31.2 Å². The van der Waals surface area contributed by atoms with Gasteiger partial charge in [0.1, 0.15) is 0 Å². The Morgan fingerprint density at radius 2 is 1.93 bits per heavy atom. The van der Waals surface area contributed by atoms with Gasteiger partial charge in [-0.3, -0.25) is 4.79 Å². The molecule has 0 aliphatic rings. The smallest absolute Gasteiger partial charge is 0.243 e. The van der Waals surface area contributed by atoms with Crippen molar-refractivity contribution >= 4 is 41.5 Å². The van der Waals surface area contributed by atoms with E-state index in [1.165, 1.54) is 5.56 Å². The Kier molecular flexibility index (Phi) is 9.98. The normalized spacial score (nSPS) is 10.3. The van der Waals surface area contributed by atoms with Crippen LogP contribution in [-0.2, 0) is 11.3 Å². The Morgan fingerprint density at radius 3 is 2.63 bits per heavy atom. The van der Waals surface area contributed by atoms with Gasteiger partial charge in [0.05, 0.1) is 13.1 Å². The molecule has 2 rings (SSSR count). The minimum Gasteiger partial charge on any atom is -0.357 e. The van der Waals surface area contributed by atoms with Crippen LogP contribution in [0.15, 0.2) is 53.5 Å². The van der Waals surface area contributed by atoms with E-state index in [2.05, 4.69) is 45.9 Å². The van der Waals surface area contributed by atoms with Crippen molar-refractivity contribution < 1.29 is 4.79 Å². The lowest BCUT2D eigenvalue weighted by atomic mass is 10.1. The van der Waals surface area contributed by atoms with Crippen LogP contribution < -0.4 is 16.0 Å². The Labute approximate surface area is 178 Å². The van der Waals surface area contributed by atoms with Crippen LogP contribution in [0.4, 0.5) is 5.69 Å². The second-order valence-electron chi connectivity index (χ2n) is 5.81. The number of hydrogen-bond acceptors (Lipinski definition) is 2. The van der Waals surface area contributed by atoms with E-state index in [9.17, 15) is 4.79 Å². The van der Waals surface area contributed by atoms with E-state index in [4.69, 9.17) is 6.42 Å². The molecule has 0 atom stereocenters. The summed E-state index contributed by atoms with van der Waals surface area (Å²) in [5.41, 5.74) is 3.72. The minimum atomic E-state index is -0.166. The van der Waals surface area contributed by atoms with Gasteiger partial charge < -0.3 is 16.0 Å². The molecule has 2 aromatic rings. The first kappa shape index (κ1) is 22.5. The zero-order valence-corrected chi connectivity index (χ0v) is 17.9. The van der Waals surface area contributed by atoms with Crippen LogP contribution in [0.1, 0.15) is 23.6 Å². The van der Waals surface area contributed by atoms with Crippen LogP contribution in [-0.4, -0.2) is 25.0 Å². The van der Waals surface area contributed by atoms with Crippen LogP contribution in [0, 0.1) is 19.3 Å². The van der Waals surface area contributed by atoms with E-state index in [-0.39, 0.29) is 36.4 Å². The highest BCUT2D eigenvalue weighted by molar-refractivity contribution is 14.0. The maximum absolute atomic E-state index is 12.1. The molecule has 0 aliphatic heterocycles. The van der Waals surface area contributed by atoms with Gasteiger partial charge in [0.15, 0.2) is 5.96 Å². The number of rotatable bonds is 6. The molecular weight excluding hydrogens is 451 g/mol. The summed E-state index contributed by atoms with van der Waals surface area (Å²) in [6, 6.07) is 15.4. The Hall–Kier alpha value is -2.53. The maximum Gasteiger partial charge on any atom is 0.243 e. The van der Waals surface area contributed by atoms with Gasteiger partial charge in [0, 0.05) is 17.8 Å². The van der Waals surface area contributed by atoms with Gasteiger partial charge in [0.25, 0.3) is 0 Å². The number of nitrogens with one attached hydrogen (secondary N) is 3. The number of nitrogens with zero attached hydrogens (tertiary/aromatic N) is 1. The number of guanidine groups is 1. The summed E-state index contributed by atoms with van der Waals surface area (Å²) in [6.45, 7) is 5.40. The average molecular weight is 476 g/mol. The summed E-state index contributed by atoms with van der Waals surface area (Å²) in [7, 11) is 0. The fourth-order valence-corrected chi connectivity index (χ4v) is 2.38. The number of terminal acetylenes is 1. The van der Waals surface area contributed by atoms with Crippen molar-refractivity contribution in [1.82, 2.24) is 10.6 Å². The molecule has 0 saturated carbocycles. The lowest BCUT2D eigenvalue weighted by molar-refractivity contribution is -0.115. The summed E-state index contributed by atoms with van der Waals surface area (Å²) >= 11 is 0. The first-order valence-electron chi connectivity index (χ1n) is 8.55. The average Bonchev–Trinajstić information content (AvgIpc) is 2.64. The summed E-state index contributed by atoms with van der Waals surface area (Å²) in [5, 5.41) is 8.99. The zero-order chi connectivity index (χ0) is 18.8. The summed E-state index contributed by atoms with van der Waals surface area (Å²) < 4.78 is 0. The third-order valence-electron chi connectivity index (χ3n) is 3.58. The number of carbonyl (C=O) groups is 1. The standard InChI is InChI=1S/C21H24N4O.HI/c1-4-17-9-7-11-19(13-17)25-20(26)15-24-21(22-5-2)23-14-18-10-6-8-16(3)12-18;/h1,6-13H,5,14-15H2,2-3H3,(H,25,26)(H2,22,23,24);1H. The van der Waals surface area contributed by atoms with Crippen LogP contribution >= 0.6 is 24.0 Å². The molecule has 5 nitrogen and oxygen atoms in total. The lowest BCUT2D eigenvalue weighted by Crippen LogP contribution is -2.41. The largest absolute Gasteiger partial charge is 0.357 e. The molecule has 3 N–H and O–H groups in total. The molecule has 142 valence electrons. The molecule has 0 unspecified atom stereocenters. The van der Waals surface area contributed by atoms with Gasteiger partial charge >= 0.3 is 0 Å². The number of aliphatic imine (C=N–C) groups is 1. The molecule has 0 aromatic heterocycles. The molecule has 0 fully saturated rings. The number of amides is 1. The highest BCUT2D eigenvalue weighted by Crippen LogP contribution is 2.09. The van der Waals surface area contributed by atoms with E-state index in [1.54, 1.807) is 12.1 Å². The number of halogens is 1. The molecule has 0 saturated heterocycles. The number of benzene rings is 2. The molecule has 1 amide bonds. The second kappa shape index (κ2) is 12.0. The van der Waals surface area contributed by atoms with E-state index in [0.717, 1.165) is 11.1 Å². The highest BCUT2D eigenvalue weighted by Gasteiger charge is 2.05. The van der Waals surface area contributed by atoms with Crippen LogP contribution in [0.25, 0.3) is 0 Å². The van der Waals surface area contributed by atoms with Crippen molar-refractivity contribution in [3.63, 3.8) is 0 Å². The first-order chi connectivity index (χ1) is 12.6. The van der Waals surface area contributed by atoms with Crippen molar-refractivity contribution in [2.45, 2.75) is 20.4 Å². The van der Waals surface area contributed by atoms with E-state index >= 15 is 0 Å². The summed E-state index contributed by atoms with van der Waals surface area (Å²) in [4.78, 5) is 16.7. The molecular formula is C21H25IN4O. The molecule has 0 bridgehead atoms. The van der Waals surface area contributed by atoms with Gasteiger partial charge in [-0.25, -0.2) is 4.99 Å². The number of anilines is 1. The molecule has 0 aliphatic carbocycles. The minimum absolute atomic E-state index is 0. The van der Waals surface area contributed by atoms with Crippen molar-refractivity contribution in [1.29, 1.82) is 0 Å². The molecule has 6 heteroatoms. The van der Waals surface area contributed by atoms with Gasteiger partial charge in [-0.2, -0.15) is 0 Å². The molecule has 0 radical (unpaired) electrons. The van der Waals surface area contributed by atoms with Crippen molar-refractivity contribution in [2.75, 3.05) is 18.4 Å². The fourth-order valence-electron chi connectivity index (χ4n) is 2.38. The van der Waals surface area contributed by atoms with Gasteiger partial charge in [0.2, 0.25) is 5.91 Å². The molecule has 2 aromatic carbocycles. The van der Waals surface area contributed by atoms with E-state index < -0.39 is 0 Å². The summed E-state index contributed by atoms with van der Waals surface area (Å²) in [6.07, 6.45) is 5.37. The van der Waals surface area contributed by atoms with Crippen molar-refractivity contribution in [3.8, 4) is 12.3 Å². The van der Waals surface area contributed by atoms with Gasteiger partial charge in [-0.1, -0.05) is 41.8 Å². The quantitative estimate of drug-likeness (QED) is 0.260. The second-order valence-corrected chi connectivity index (χ2v) is 5.81. The van der Waals surface area contributed by atoms with Crippen LogP contribution in [0.3, 0.4) is 0 Å². The van der Waals surface area contributed by atoms with Crippen LogP contribution in [0.2, 0.25) is 0 Å². The topological polar surface area (TPSA) is 65.5 Å². The third kappa shape index (κ3) is 8.13. The monoisotopic (exact) mass is 476 g/mol. The highest BCUT2D eigenvalue weighted by atomic mass is 127. The lowest BCUT2D eigenvalue weighted by Gasteiger charge is -2.12. The number of aryl methyl sites for hydroxylation is 1. The Balaban J connectivity index is 0.00000364. The SMILES string of the molecule is C#Cc1cccc(NC(=O)CNC(=NCc2cccc(C)c2)NCC)c1.I. The van der Waals surface area contributed by atoms with Crippen molar-refractivity contribution in [3.05, 3.63) is 65.2 Å². The number of carbonyl (C=O) groups excluding carboxylic acids is 1. The Bertz CT molecular complexity index is 827. The van der Waals surface area contributed by atoms with Gasteiger partial charge in [-0.15, -0.1) is 30.4 Å². The molecule has 27 heavy (non-hydrogen) atoms. The van der Waals surface area contributed by atoms with E-state index in [0.29, 0.717) is 24.7 Å². The first-order valence-corrected chi connectivity index (χ1v) is 8.55. The van der Waals surface area contributed by atoms with Crippen molar-refractivity contribution in [2.24, 2.45) is 4.99 Å². The summed E-state index contributed by atoms with van der Waals surface area (Å²) in [5.74, 6) is 2.98. The van der Waals surface area contributed by atoms with Crippen LogP contribution in [0.5, 0.6) is 0 Å².